The van der Waals surface area contributed by atoms with Crippen LogP contribution in [0.5, 0.6) is 0 Å². The van der Waals surface area contributed by atoms with Gasteiger partial charge in [0, 0.05) is 24.5 Å². The van der Waals surface area contributed by atoms with Crippen LogP contribution in [0.1, 0.15) is 12.8 Å². The Kier molecular flexibility index (Phi) is 2.45. The normalized spacial score (nSPS) is 17.9. The lowest BCUT2D eigenvalue weighted by Gasteiger charge is -2.12. The summed E-state index contributed by atoms with van der Waals surface area (Å²) in [6, 6.07) is 8.92. The van der Waals surface area contributed by atoms with Crippen LogP contribution in [0.25, 0.3) is 11.0 Å². The molecule has 0 bridgehead atoms. The van der Waals surface area contributed by atoms with Crippen molar-refractivity contribution in [2.75, 3.05) is 13.1 Å². The van der Waals surface area contributed by atoms with Gasteiger partial charge in [-0.15, -0.1) is 0 Å². The van der Waals surface area contributed by atoms with Crippen molar-refractivity contribution in [3.8, 4) is 0 Å². The molecular formula is C12H13NO3S. The van der Waals surface area contributed by atoms with Crippen molar-refractivity contribution in [2.45, 2.75) is 17.9 Å². The van der Waals surface area contributed by atoms with Crippen LogP contribution in [0.4, 0.5) is 0 Å². The average molecular weight is 251 g/mol. The van der Waals surface area contributed by atoms with Gasteiger partial charge in [-0.05, 0) is 18.9 Å². The van der Waals surface area contributed by atoms with Crippen molar-refractivity contribution in [1.82, 2.24) is 4.31 Å². The summed E-state index contributed by atoms with van der Waals surface area (Å²) in [7, 11) is -3.43. The molecule has 0 spiro atoms. The second-order valence-electron chi connectivity index (χ2n) is 4.21. The van der Waals surface area contributed by atoms with Crippen molar-refractivity contribution in [3.63, 3.8) is 0 Å². The van der Waals surface area contributed by atoms with E-state index in [1.54, 1.807) is 12.1 Å². The predicted molar refractivity (Wildman–Crippen MR) is 64.2 cm³/mol. The molecule has 1 aromatic carbocycles. The first-order valence-electron chi connectivity index (χ1n) is 5.67. The summed E-state index contributed by atoms with van der Waals surface area (Å²) in [5, 5.41) is 0.880. The van der Waals surface area contributed by atoms with Crippen molar-refractivity contribution in [1.29, 1.82) is 0 Å². The fourth-order valence-corrected chi connectivity index (χ4v) is 3.60. The summed E-state index contributed by atoms with van der Waals surface area (Å²) in [5.41, 5.74) is 0.616. The maximum absolute atomic E-state index is 12.2. The molecule has 3 rings (SSSR count). The topological polar surface area (TPSA) is 50.5 Å². The molecule has 90 valence electrons. The number of para-hydroxylation sites is 1. The second kappa shape index (κ2) is 3.85. The molecule has 1 aromatic heterocycles. The van der Waals surface area contributed by atoms with Crippen LogP contribution in [0.2, 0.25) is 0 Å². The van der Waals surface area contributed by atoms with E-state index in [-0.39, 0.29) is 5.09 Å². The standard InChI is InChI=1S/C12H13NO3S/c14-17(15,13-7-3-4-8-13)12-9-10-5-1-2-6-11(10)16-12/h1-2,5-6,9H,3-4,7-8H2. The highest BCUT2D eigenvalue weighted by atomic mass is 32.2. The van der Waals surface area contributed by atoms with Gasteiger partial charge in [-0.3, -0.25) is 0 Å². The van der Waals surface area contributed by atoms with Crippen LogP contribution in [0.15, 0.2) is 39.8 Å². The molecule has 0 atom stereocenters. The summed E-state index contributed by atoms with van der Waals surface area (Å²) >= 11 is 0. The molecule has 1 aliphatic heterocycles. The van der Waals surface area contributed by atoms with Crippen LogP contribution in [0.3, 0.4) is 0 Å². The minimum atomic E-state index is -3.43. The Morgan fingerprint density at radius 3 is 2.53 bits per heavy atom. The van der Waals surface area contributed by atoms with Crippen molar-refractivity contribution in [2.24, 2.45) is 0 Å². The lowest BCUT2D eigenvalue weighted by molar-refractivity contribution is 0.428. The zero-order chi connectivity index (χ0) is 11.9. The van der Waals surface area contributed by atoms with E-state index in [1.165, 1.54) is 4.31 Å². The summed E-state index contributed by atoms with van der Waals surface area (Å²) in [6.07, 6.45) is 1.86. The Bertz CT molecular complexity index is 606. The van der Waals surface area contributed by atoms with E-state index in [9.17, 15) is 8.42 Å². The molecule has 0 saturated carbocycles. The molecule has 2 heterocycles. The average Bonchev–Trinajstić information content (AvgIpc) is 2.98. The zero-order valence-corrected chi connectivity index (χ0v) is 10.1. The molecule has 0 aliphatic carbocycles. The molecule has 1 saturated heterocycles. The highest BCUT2D eigenvalue weighted by Gasteiger charge is 2.30. The Morgan fingerprint density at radius 2 is 1.82 bits per heavy atom. The van der Waals surface area contributed by atoms with Crippen molar-refractivity contribution < 1.29 is 12.8 Å². The molecule has 1 fully saturated rings. The van der Waals surface area contributed by atoms with Gasteiger partial charge in [-0.25, -0.2) is 8.42 Å². The minimum absolute atomic E-state index is 0.0561. The lowest BCUT2D eigenvalue weighted by atomic mass is 10.3. The van der Waals surface area contributed by atoms with Crippen LogP contribution in [0, 0.1) is 0 Å². The summed E-state index contributed by atoms with van der Waals surface area (Å²) in [6.45, 7) is 1.19. The molecule has 4 nitrogen and oxygen atoms in total. The van der Waals surface area contributed by atoms with Crippen molar-refractivity contribution >= 4 is 21.0 Å². The maximum Gasteiger partial charge on any atom is 0.276 e. The summed E-state index contributed by atoms with van der Waals surface area (Å²) in [5.74, 6) is 0. The van der Waals surface area contributed by atoms with E-state index < -0.39 is 10.0 Å². The number of hydrogen-bond acceptors (Lipinski definition) is 3. The Hall–Kier alpha value is -1.33. The number of rotatable bonds is 2. The third-order valence-corrected chi connectivity index (χ3v) is 4.82. The largest absolute Gasteiger partial charge is 0.443 e. The monoisotopic (exact) mass is 251 g/mol. The number of sulfonamides is 1. The fourth-order valence-electron chi connectivity index (χ4n) is 2.14. The van der Waals surface area contributed by atoms with Gasteiger partial charge >= 0.3 is 0 Å². The molecule has 0 radical (unpaired) electrons. The predicted octanol–water partition coefficient (Wildman–Crippen LogP) is 2.22. The Labute approximate surface area is 99.9 Å². The lowest BCUT2D eigenvalue weighted by Crippen LogP contribution is -2.27. The molecule has 0 N–H and O–H groups in total. The molecule has 5 heteroatoms. The highest BCUT2D eigenvalue weighted by Crippen LogP contribution is 2.26. The van der Waals surface area contributed by atoms with E-state index in [0.29, 0.717) is 18.7 Å². The molecule has 2 aromatic rings. The molecule has 1 aliphatic rings. The van der Waals surface area contributed by atoms with Gasteiger partial charge in [-0.1, -0.05) is 18.2 Å². The smallest absolute Gasteiger partial charge is 0.276 e. The van der Waals surface area contributed by atoms with E-state index in [0.717, 1.165) is 18.2 Å². The molecule has 17 heavy (non-hydrogen) atoms. The van der Waals surface area contributed by atoms with Gasteiger partial charge in [0.25, 0.3) is 10.0 Å². The highest BCUT2D eigenvalue weighted by molar-refractivity contribution is 7.89. The zero-order valence-electron chi connectivity index (χ0n) is 9.30. The van der Waals surface area contributed by atoms with Gasteiger partial charge in [-0.2, -0.15) is 4.31 Å². The van der Waals surface area contributed by atoms with Crippen molar-refractivity contribution in [3.05, 3.63) is 30.3 Å². The van der Waals surface area contributed by atoms with Crippen LogP contribution in [-0.4, -0.2) is 25.8 Å². The van der Waals surface area contributed by atoms with E-state index in [2.05, 4.69) is 0 Å². The third-order valence-electron chi connectivity index (χ3n) is 3.06. The maximum atomic E-state index is 12.2. The summed E-state index contributed by atoms with van der Waals surface area (Å²) < 4.78 is 31.4. The quantitative estimate of drug-likeness (QED) is 0.822. The van der Waals surface area contributed by atoms with Gasteiger partial charge in [0.1, 0.15) is 5.58 Å². The third kappa shape index (κ3) is 1.75. The first-order valence-corrected chi connectivity index (χ1v) is 7.11. The van der Waals surface area contributed by atoms with E-state index >= 15 is 0 Å². The molecular weight excluding hydrogens is 238 g/mol. The number of benzene rings is 1. The van der Waals surface area contributed by atoms with Crippen LogP contribution >= 0.6 is 0 Å². The Balaban J connectivity index is 2.08. The van der Waals surface area contributed by atoms with Crippen LogP contribution < -0.4 is 0 Å². The summed E-state index contributed by atoms with van der Waals surface area (Å²) in [4.78, 5) is 0. The van der Waals surface area contributed by atoms with Crippen LogP contribution in [-0.2, 0) is 10.0 Å². The number of nitrogens with zero attached hydrogens (tertiary/aromatic N) is 1. The minimum Gasteiger partial charge on any atom is -0.443 e. The number of fused-ring (bicyclic) bond motifs is 1. The van der Waals surface area contributed by atoms with E-state index in [4.69, 9.17) is 4.42 Å². The van der Waals surface area contributed by atoms with Gasteiger partial charge in [0.15, 0.2) is 0 Å². The first-order chi connectivity index (χ1) is 8.18. The number of furan rings is 1. The van der Waals surface area contributed by atoms with Gasteiger partial charge in [0.05, 0.1) is 0 Å². The second-order valence-corrected chi connectivity index (χ2v) is 6.08. The fraction of sp³-hybridized carbons (Fsp3) is 0.333. The SMILES string of the molecule is O=S(=O)(c1cc2ccccc2o1)N1CCCC1. The molecule has 0 unspecified atom stereocenters. The van der Waals surface area contributed by atoms with E-state index in [1.807, 2.05) is 18.2 Å². The van der Waals surface area contributed by atoms with Gasteiger partial charge in [0.2, 0.25) is 5.09 Å². The first kappa shape index (κ1) is 10.8. The number of hydrogen-bond donors (Lipinski definition) is 0. The Morgan fingerprint density at radius 1 is 1.12 bits per heavy atom. The van der Waals surface area contributed by atoms with Gasteiger partial charge < -0.3 is 4.42 Å². The molecule has 0 amide bonds.